The molecule has 11 heteroatoms. The van der Waals surface area contributed by atoms with Gasteiger partial charge in [-0.1, -0.05) is 301 Å². The van der Waals surface area contributed by atoms with Crippen LogP contribution in [0.5, 0.6) is 0 Å². The van der Waals surface area contributed by atoms with E-state index in [2.05, 4.69) is 55.6 Å². The fourth-order valence-electron chi connectivity index (χ4n) is 11.0. The minimum atomic E-state index is -1.67. The molecule has 1 fully saturated rings. The Kier molecular flexibility index (Phi) is 54.2. The van der Waals surface area contributed by atoms with Gasteiger partial charge < -0.3 is 50.5 Å². The van der Waals surface area contributed by atoms with Gasteiger partial charge in [0.1, 0.15) is 36.6 Å². The molecule has 0 saturated carbocycles. The van der Waals surface area contributed by atoms with Crippen LogP contribution in [0.4, 0.5) is 0 Å². The predicted molar refractivity (Wildman–Crippen MR) is 330 cm³/mol. The molecule has 0 spiro atoms. The number of hydrogen-bond acceptors (Lipinski definition) is 10. The number of carbonyl (C=O) groups is 1. The highest BCUT2D eigenvalue weighted by Crippen LogP contribution is 2.24. The molecule has 8 N–H and O–H groups in total. The van der Waals surface area contributed by atoms with Crippen LogP contribution >= 0.6 is 0 Å². The average Bonchev–Trinajstić information content (AvgIpc) is 3.46. The molecular formula is C68H129NO10. The maximum Gasteiger partial charge on any atom is 0.249 e. The van der Waals surface area contributed by atoms with Crippen molar-refractivity contribution in [2.24, 2.45) is 0 Å². The summed E-state index contributed by atoms with van der Waals surface area (Å²) in [6.07, 6.45) is 61.2. The van der Waals surface area contributed by atoms with Crippen molar-refractivity contribution in [1.29, 1.82) is 0 Å². The Morgan fingerprint density at radius 1 is 0.430 bits per heavy atom. The molecule has 0 aromatic heterocycles. The largest absolute Gasteiger partial charge is 0.394 e. The van der Waals surface area contributed by atoms with Gasteiger partial charge in [-0.25, -0.2) is 0 Å². The summed E-state index contributed by atoms with van der Waals surface area (Å²) >= 11 is 0. The second-order valence-corrected chi connectivity index (χ2v) is 23.9. The number of hydrogen-bond donors (Lipinski definition) is 8. The van der Waals surface area contributed by atoms with Gasteiger partial charge in [-0.3, -0.25) is 4.79 Å². The summed E-state index contributed by atoms with van der Waals surface area (Å²) in [6, 6.07) is -1.19. The van der Waals surface area contributed by atoms with E-state index in [1.54, 1.807) is 0 Å². The summed E-state index contributed by atoms with van der Waals surface area (Å²) in [5.74, 6) is -0.708. The summed E-state index contributed by atoms with van der Waals surface area (Å²) < 4.78 is 11.1. The summed E-state index contributed by atoms with van der Waals surface area (Å²) in [7, 11) is 0. The topological polar surface area (TPSA) is 189 Å². The Morgan fingerprint density at radius 2 is 0.772 bits per heavy atom. The highest BCUT2D eigenvalue weighted by molar-refractivity contribution is 5.80. The van der Waals surface area contributed by atoms with Crippen molar-refractivity contribution < 1.29 is 50.0 Å². The predicted octanol–water partition coefficient (Wildman–Crippen LogP) is 15.8. The van der Waals surface area contributed by atoms with Crippen LogP contribution in [-0.2, 0) is 14.3 Å². The lowest BCUT2D eigenvalue weighted by Crippen LogP contribution is -2.60. The molecule has 9 atom stereocenters. The van der Waals surface area contributed by atoms with Crippen LogP contribution in [0, 0.1) is 0 Å². The molecule has 11 nitrogen and oxygen atoms in total. The zero-order valence-electron chi connectivity index (χ0n) is 51.4. The van der Waals surface area contributed by atoms with Gasteiger partial charge in [-0.2, -0.15) is 0 Å². The molecule has 1 amide bonds. The molecule has 1 aliphatic heterocycles. The van der Waals surface area contributed by atoms with Gasteiger partial charge >= 0.3 is 0 Å². The first-order chi connectivity index (χ1) is 38.7. The normalized spacial score (nSPS) is 19.5. The molecule has 1 saturated heterocycles. The van der Waals surface area contributed by atoms with E-state index in [1.807, 2.05) is 0 Å². The van der Waals surface area contributed by atoms with Gasteiger partial charge in [0.2, 0.25) is 5.91 Å². The van der Waals surface area contributed by atoms with Crippen molar-refractivity contribution in [3.8, 4) is 0 Å². The Bertz CT molecular complexity index is 1380. The molecule has 466 valence electrons. The van der Waals surface area contributed by atoms with Crippen LogP contribution in [0.25, 0.3) is 0 Å². The standard InChI is InChI=1S/C68H129NO10/c1-3-5-7-9-11-13-15-17-19-20-21-22-23-24-25-26-27-28-29-30-31-32-33-34-35-36-37-38-39-40-41-42-44-46-48-50-52-54-56-61(72)67(77)69-59(58-78-68-66(76)65(75)64(74)62(57-70)79-68)63(73)60(71)55-53-51-49-47-45-43-18-16-14-12-10-8-6-4-2/h8,10,16,18,47,49,59-66,68,70-76H,3-7,9,11-15,17,19-46,48,50-58H2,1-2H3,(H,69,77)/b10-8+,18-16+,49-47+. The number of amides is 1. The Hall–Kier alpha value is -1.67. The number of ether oxygens (including phenoxy) is 2. The van der Waals surface area contributed by atoms with Crippen molar-refractivity contribution in [2.45, 2.75) is 377 Å². The molecule has 79 heavy (non-hydrogen) atoms. The minimum Gasteiger partial charge on any atom is -0.394 e. The second kappa shape index (κ2) is 56.8. The van der Waals surface area contributed by atoms with E-state index in [9.17, 15) is 40.5 Å². The third-order valence-electron chi connectivity index (χ3n) is 16.4. The first-order valence-electron chi connectivity index (χ1n) is 33.9. The fourth-order valence-corrected chi connectivity index (χ4v) is 11.0. The molecule has 1 aliphatic rings. The first kappa shape index (κ1) is 75.3. The Labute approximate surface area is 486 Å². The van der Waals surface area contributed by atoms with E-state index >= 15 is 0 Å². The number of unbranched alkanes of at least 4 members (excludes halogenated alkanes) is 41. The van der Waals surface area contributed by atoms with Gasteiger partial charge in [0, 0.05) is 0 Å². The van der Waals surface area contributed by atoms with Crippen LogP contribution in [0.1, 0.15) is 322 Å². The number of aliphatic hydroxyl groups excluding tert-OH is 7. The maximum atomic E-state index is 13.2. The average molecular weight is 1120 g/mol. The molecule has 0 aliphatic carbocycles. The van der Waals surface area contributed by atoms with E-state index in [1.165, 1.54) is 225 Å². The quantitative estimate of drug-likeness (QED) is 0.0215. The van der Waals surface area contributed by atoms with Crippen molar-refractivity contribution in [1.82, 2.24) is 5.32 Å². The van der Waals surface area contributed by atoms with Gasteiger partial charge in [0.15, 0.2) is 6.29 Å². The molecule has 0 aromatic rings. The third kappa shape index (κ3) is 44.5. The van der Waals surface area contributed by atoms with Crippen molar-refractivity contribution in [3.05, 3.63) is 36.5 Å². The molecular weight excluding hydrogens is 991 g/mol. The highest BCUT2D eigenvalue weighted by atomic mass is 16.7. The molecule has 0 radical (unpaired) electrons. The van der Waals surface area contributed by atoms with Crippen LogP contribution < -0.4 is 5.32 Å². The van der Waals surface area contributed by atoms with Crippen LogP contribution in [0.15, 0.2) is 36.5 Å². The van der Waals surface area contributed by atoms with Crippen LogP contribution in [-0.4, -0.2) is 110 Å². The number of rotatable bonds is 59. The summed E-state index contributed by atoms with van der Waals surface area (Å²) in [5.41, 5.74) is 0. The summed E-state index contributed by atoms with van der Waals surface area (Å²) in [4.78, 5) is 13.2. The van der Waals surface area contributed by atoms with Crippen molar-refractivity contribution in [2.75, 3.05) is 13.2 Å². The van der Waals surface area contributed by atoms with Crippen LogP contribution in [0.3, 0.4) is 0 Å². The Balaban J connectivity index is 2.10. The van der Waals surface area contributed by atoms with E-state index in [-0.39, 0.29) is 12.8 Å². The zero-order chi connectivity index (χ0) is 57.5. The van der Waals surface area contributed by atoms with Gasteiger partial charge in [-0.05, 0) is 57.8 Å². The van der Waals surface area contributed by atoms with E-state index < -0.39 is 74.2 Å². The highest BCUT2D eigenvalue weighted by Gasteiger charge is 2.44. The number of allylic oxidation sites excluding steroid dienone is 6. The van der Waals surface area contributed by atoms with Gasteiger partial charge in [0.05, 0.1) is 25.4 Å². The van der Waals surface area contributed by atoms with Crippen LogP contribution in [0.2, 0.25) is 0 Å². The monoisotopic (exact) mass is 1120 g/mol. The Morgan fingerprint density at radius 3 is 1.13 bits per heavy atom. The van der Waals surface area contributed by atoms with Gasteiger partial charge in [0.25, 0.3) is 0 Å². The lowest BCUT2D eigenvalue weighted by Gasteiger charge is -2.40. The number of nitrogens with one attached hydrogen (secondary N) is 1. The maximum absolute atomic E-state index is 13.2. The SMILES string of the molecule is CCC/C=C/CC/C=C/CC/C=C/CCCC(O)C(O)C(COC1OC(CO)C(O)C(O)C1O)NC(=O)C(O)CCCCCCCCCCCCCCCCCCCCCCCCCCCCCCCCCCCCCCCC. The number of aliphatic hydroxyl groups is 7. The van der Waals surface area contributed by atoms with E-state index in [0.29, 0.717) is 19.3 Å². The fraction of sp³-hybridized carbons (Fsp3) is 0.897. The van der Waals surface area contributed by atoms with E-state index in [0.717, 1.165) is 51.4 Å². The second-order valence-electron chi connectivity index (χ2n) is 23.9. The lowest BCUT2D eigenvalue weighted by atomic mass is 9.98. The van der Waals surface area contributed by atoms with Crippen molar-refractivity contribution in [3.63, 3.8) is 0 Å². The van der Waals surface area contributed by atoms with Crippen molar-refractivity contribution >= 4 is 5.91 Å². The molecule has 9 unspecified atom stereocenters. The molecule has 1 heterocycles. The third-order valence-corrected chi connectivity index (χ3v) is 16.4. The lowest BCUT2D eigenvalue weighted by molar-refractivity contribution is -0.303. The summed E-state index contributed by atoms with van der Waals surface area (Å²) in [5, 5.41) is 76.1. The smallest absolute Gasteiger partial charge is 0.249 e. The molecule has 0 bridgehead atoms. The summed E-state index contributed by atoms with van der Waals surface area (Å²) in [6.45, 7) is 3.39. The zero-order valence-corrected chi connectivity index (χ0v) is 51.4. The minimum absolute atomic E-state index is 0.242. The van der Waals surface area contributed by atoms with E-state index in [4.69, 9.17) is 9.47 Å². The van der Waals surface area contributed by atoms with Gasteiger partial charge in [-0.15, -0.1) is 0 Å². The number of carbonyl (C=O) groups excluding carboxylic acids is 1. The first-order valence-corrected chi connectivity index (χ1v) is 33.9. The molecule has 0 aromatic carbocycles. The molecule has 1 rings (SSSR count).